The van der Waals surface area contributed by atoms with Gasteiger partial charge in [-0.15, -0.1) is 0 Å². The Morgan fingerprint density at radius 2 is 2.05 bits per heavy atom. The van der Waals surface area contributed by atoms with Crippen LogP contribution in [0.5, 0.6) is 5.75 Å². The lowest BCUT2D eigenvalue weighted by Gasteiger charge is -2.22. The van der Waals surface area contributed by atoms with Crippen molar-refractivity contribution >= 4 is 37.8 Å². The first-order valence-corrected chi connectivity index (χ1v) is 8.61. The van der Waals surface area contributed by atoms with Crippen molar-refractivity contribution in [1.29, 1.82) is 0 Å². The molecule has 5 heteroatoms. The zero-order valence-corrected chi connectivity index (χ0v) is 14.7. The van der Waals surface area contributed by atoms with Crippen molar-refractivity contribution in [3.05, 3.63) is 28.2 Å². The molecular formula is C15H19Br2NO2. The molecule has 2 unspecified atom stereocenters. The molecule has 3 nitrogen and oxygen atoms in total. The molecule has 0 bridgehead atoms. The van der Waals surface area contributed by atoms with Gasteiger partial charge in [0.15, 0.2) is 0 Å². The van der Waals surface area contributed by atoms with Gasteiger partial charge in [-0.05, 0) is 47.0 Å². The number of halogens is 2. The van der Waals surface area contributed by atoms with Crippen molar-refractivity contribution in [1.82, 2.24) is 5.32 Å². The van der Waals surface area contributed by atoms with Gasteiger partial charge in [0, 0.05) is 15.3 Å². The second kappa shape index (κ2) is 7.46. The highest BCUT2D eigenvalue weighted by Gasteiger charge is 2.24. The number of methoxy groups -OCH3 is 1. The SMILES string of the molecule is COc1ccc(Br)c(C(=O)NC2CCCCCC2Br)c1. The number of carbonyl (C=O) groups is 1. The minimum absolute atomic E-state index is 0.0490. The molecule has 2 rings (SSSR count). The molecule has 1 amide bonds. The lowest BCUT2D eigenvalue weighted by atomic mass is 10.1. The molecule has 0 saturated heterocycles. The summed E-state index contributed by atoms with van der Waals surface area (Å²) in [6.45, 7) is 0. The van der Waals surface area contributed by atoms with E-state index in [-0.39, 0.29) is 11.9 Å². The summed E-state index contributed by atoms with van der Waals surface area (Å²) in [5.74, 6) is 0.640. The van der Waals surface area contributed by atoms with E-state index in [1.807, 2.05) is 12.1 Å². The molecule has 20 heavy (non-hydrogen) atoms. The number of hydrogen-bond donors (Lipinski definition) is 1. The van der Waals surface area contributed by atoms with Gasteiger partial charge in [-0.25, -0.2) is 0 Å². The van der Waals surface area contributed by atoms with E-state index < -0.39 is 0 Å². The number of nitrogens with one attached hydrogen (secondary N) is 1. The van der Waals surface area contributed by atoms with Crippen LogP contribution in [0.2, 0.25) is 0 Å². The van der Waals surface area contributed by atoms with Gasteiger partial charge in [0.25, 0.3) is 5.91 Å². The largest absolute Gasteiger partial charge is 0.497 e. The Kier molecular flexibility index (Phi) is 5.90. The Bertz CT molecular complexity index is 479. The van der Waals surface area contributed by atoms with Crippen LogP contribution in [0, 0.1) is 0 Å². The summed E-state index contributed by atoms with van der Waals surface area (Å²) in [5, 5.41) is 3.15. The summed E-state index contributed by atoms with van der Waals surface area (Å²) in [6, 6.07) is 5.63. The first-order chi connectivity index (χ1) is 9.61. The molecule has 0 heterocycles. The quantitative estimate of drug-likeness (QED) is 0.602. The van der Waals surface area contributed by atoms with Crippen LogP contribution >= 0.6 is 31.9 Å². The summed E-state index contributed by atoms with van der Waals surface area (Å²) in [5.41, 5.74) is 0.619. The molecule has 0 aromatic heterocycles. The summed E-state index contributed by atoms with van der Waals surface area (Å²) in [4.78, 5) is 12.8. The molecule has 1 aliphatic rings. The van der Waals surface area contributed by atoms with Crippen molar-refractivity contribution in [2.45, 2.75) is 43.0 Å². The third kappa shape index (κ3) is 3.98. The van der Waals surface area contributed by atoms with Crippen molar-refractivity contribution in [2.24, 2.45) is 0 Å². The van der Waals surface area contributed by atoms with Crippen LogP contribution in [0.4, 0.5) is 0 Å². The highest BCUT2D eigenvalue weighted by Crippen LogP contribution is 2.26. The van der Waals surface area contributed by atoms with Crippen LogP contribution < -0.4 is 10.1 Å². The minimum atomic E-state index is -0.0490. The van der Waals surface area contributed by atoms with Crippen LogP contribution in [0.1, 0.15) is 42.5 Å². The third-order valence-corrected chi connectivity index (χ3v) is 5.45. The number of hydrogen-bond acceptors (Lipinski definition) is 2. The average molecular weight is 405 g/mol. The number of ether oxygens (including phenoxy) is 1. The number of amides is 1. The van der Waals surface area contributed by atoms with E-state index in [1.165, 1.54) is 19.3 Å². The molecule has 2 atom stereocenters. The molecule has 1 aromatic rings. The fourth-order valence-corrected chi connectivity index (χ4v) is 3.62. The number of rotatable bonds is 3. The Morgan fingerprint density at radius 1 is 1.30 bits per heavy atom. The van der Waals surface area contributed by atoms with Gasteiger partial charge in [-0.3, -0.25) is 4.79 Å². The van der Waals surface area contributed by atoms with E-state index in [2.05, 4.69) is 37.2 Å². The van der Waals surface area contributed by atoms with Gasteiger partial charge < -0.3 is 10.1 Å². The minimum Gasteiger partial charge on any atom is -0.497 e. The lowest BCUT2D eigenvalue weighted by molar-refractivity contribution is 0.0933. The Morgan fingerprint density at radius 3 is 2.80 bits per heavy atom. The van der Waals surface area contributed by atoms with E-state index in [0.29, 0.717) is 16.1 Å². The normalized spacial score (nSPS) is 22.9. The molecule has 110 valence electrons. The Hall–Kier alpha value is -0.550. The maximum absolute atomic E-state index is 12.4. The van der Waals surface area contributed by atoms with E-state index in [4.69, 9.17) is 4.74 Å². The third-order valence-electron chi connectivity index (χ3n) is 3.67. The van der Waals surface area contributed by atoms with Crippen LogP contribution in [0.25, 0.3) is 0 Å². The predicted octanol–water partition coefficient (Wildman–Crippen LogP) is 4.28. The van der Waals surface area contributed by atoms with Crippen LogP contribution in [0.3, 0.4) is 0 Å². The second-order valence-corrected chi connectivity index (χ2v) is 7.11. The lowest BCUT2D eigenvalue weighted by Crippen LogP contribution is -2.40. The standard InChI is InChI=1S/C15H19Br2NO2/c1-20-10-7-8-12(16)11(9-10)15(19)18-14-6-4-2-3-5-13(14)17/h7-9,13-14H,2-6H2,1H3,(H,18,19). The fourth-order valence-electron chi connectivity index (χ4n) is 2.48. The number of benzene rings is 1. The predicted molar refractivity (Wildman–Crippen MR) is 87.7 cm³/mol. The molecule has 0 aliphatic heterocycles. The number of alkyl halides is 1. The van der Waals surface area contributed by atoms with Gasteiger partial charge in [0.2, 0.25) is 0 Å². The highest BCUT2D eigenvalue weighted by molar-refractivity contribution is 9.10. The average Bonchev–Trinajstić information content (AvgIpc) is 2.64. The van der Waals surface area contributed by atoms with E-state index in [9.17, 15) is 4.79 Å². The van der Waals surface area contributed by atoms with Gasteiger partial charge in [0.05, 0.1) is 12.7 Å². The first-order valence-electron chi connectivity index (χ1n) is 6.90. The zero-order valence-electron chi connectivity index (χ0n) is 11.5. The molecule has 0 spiro atoms. The first kappa shape index (κ1) is 15.8. The fraction of sp³-hybridized carbons (Fsp3) is 0.533. The summed E-state index contributed by atoms with van der Waals surface area (Å²) >= 11 is 7.13. The smallest absolute Gasteiger partial charge is 0.252 e. The van der Waals surface area contributed by atoms with Gasteiger partial charge in [-0.1, -0.05) is 35.2 Å². The molecule has 1 aromatic carbocycles. The van der Waals surface area contributed by atoms with Gasteiger partial charge >= 0.3 is 0 Å². The number of carbonyl (C=O) groups excluding carboxylic acids is 1. The van der Waals surface area contributed by atoms with E-state index >= 15 is 0 Å². The molecular weight excluding hydrogens is 386 g/mol. The van der Waals surface area contributed by atoms with Crippen molar-refractivity contribution in [3.8, 4) is 5.75 Å². The van der Waals surface area contributed by atoms with E-state index in [0.717, 1.165) is 17.3 Å². The Labute approximate surface area is 136 Å². The monoisotopic (exact) mass is 403 g/mol. The Balaban J connectivity index is 2.10. The summed E-state index contributed by atoms with van der Waals surface area (Å²) in [7, 11) is 1.60. The molecule has 1 aliphatic carbocycles. The van der Waals surface area contributed by atoms with Crippen molar-refractivity contribution in [2.75, 3.05) is 7.11 Å². The summed E-state index contributed by atoms with van der Waals surface area (Å²) in [6.07, 6.45) is 5.79. The maximum atomic E-state index is 12.4. The maximum Gasteiger partial charge on any atom is 0.252 e. The molecule has 0 radical (unpaired) electrons. The van der Waals surface area contributed by atoms with E-state index in [1.54, 1.807) is 13.2 Å². The van der Waals surface area contributed by atoms with Crippen LogP contribution in [-0.2, 0) is 0 Å². The summed E-state index contributed by atoms with van der Waals surface area (Å²) < 4.78 is 5.97. The second-order valence-electron chi connectivity index (χ2n) is 5.08. The van der Waals surface area contributed by atoms with Gasteiger partial charge in [-0.2, -0.15) is 0 Å². The van der Waals surface area contributed by atoms with Crippen molar-refractivity contribution < 1.29 is 9.53 Å². The topological polar surface area (TPSA) is 38.3 Å². The zero-order chi connectivity index (χ0) is 14.5. The molecule has 1 fully saturated rings. The van der Waals surface area contributed by atoms with Crippen LogP contribution in [-0.4, -0.2) is 23.9 Å². The van der Waals surface area contributed by atoms with Gasteiger partial charge in [0.1, 0.15) is 5.75 Å². The molecule has 1 saturated carbocycles. The van der Waals surface area contributed by atoms with Crippen molar-refractivity contribution in [3.63, 3.8) is 0 Å². The molecule has 1 N–H and O–H groups in total. The van der Waals surface area contributed by atoms with Crippen LogP contribution in [0.15, 0.2) is 22.7 Å². The highest BCUT2D eigenvalue weighted by atomic mass is 79.9.